The molecule has 0 radical (unpaired) electrons. The van der Waals surface area contributed by atoms with Gasteiger partial charge in [-0.1, -0.05) is 11.6 Å². The highest BCUT2D eigenvalue weighted by Gasteiger charge is 2.48. The quantitative estimate of drug-likeness (QED) is 0.459. The van der Waals surface area contributed by atoms with Gasteiger partial charge >= 0.3 is 17.9 Å². The first-order valence-corrected chi connectivity index (χ1v) is 9.91. The Bertz CT molecular complexity index is 1010. The van der Waals surface area contributed by atoms with Crippen LogP contribution in [0.4, 0.5) is 4.39 Å². The molecule has 12 heteroatoms. The van der Waals surface area contributed by atoms with E-state index in [2.05, 4.69) is 20.9 Å². The number of esters is 3. The Balaban J connectivity index is 2.11. The molecule has 9 nitrogen and oxygen atoms in total. The van der Waals surface area contributed by atoms with Gasteiger partial charge in [0, 0.05) is 26.8 Å². The fraction of sp³-hybridized carbons (Fsp3) is 0.444. The smallest absolute Gasteiger partial charge is 0.303 e. The number of aromatic nitrogens is 2. The van der Waals surface area contributed by atoms with Crippen LogP contribution in [0.5, 0.6) is 0 Å². The van der Waals surface area contributed by atoms with Crippen LogP contribution >= 0.6 is 27.5 Å². The second-order valence-electron chi connectivity index (χ2n) is 6.53. The van der Waals surface area contributed by atoms with Gasteiger partial charge in [-0.15, -0.1) is 0 Å². The van der Waals surface area contributed by atoms with Crippen LogP contribution < -0.4 is 0 Å². The third-order valence-corrected chi connectivity index (χ3v) is 5.12. The number of halogens is 3. The molecule has 1 aromatic carbocycles. The molecule has 2 aromatic rings. The van der Waals surface area contributed by atoms with Gasteiger partial charge in [-0.25, -0.2) is 9.37 Å². The van der Waals surface area contributed by atoms with Crippen LogP contribution in [0.1, 0.15) is 27.0 Å². The van der Waals surface area contributed by atoms with E-state index in [1.165, 1.54) is 31.4 Å². The molecule has 4 atom stereocenters. The van der Waals surface area contributed by atoms with Crippen molar-refractivity contribution >= 4 is 56.5 Å². The Labute approximate surface area is 183 Å². The lowest BCUT2D eigenvalue weighted by atomic mass is 10.0. The Morgan fingerprint density at radius 1 is 1.13 bits per heavy atom. The molecule has 1 aliphatic heterocycles. The van der Waals surface area contributed by atoms with Crippen LogP contribution in [0.3, 0.4) is 0 Å². The summed E-state index contributed by atoms with van der Waals surface area (Å²) in [5, 5.41) is -0.148. The fourth-order valence-corrected chi connectivity index (χ4v) is 3.99. The third-order valence-electron chi connectivity index (χ3n) is 4.27. The summed E-state index contributed by atoms with van der Waals surface area (Å²) >= 11 is 9.21. The van der Waals surface area contributed by atoms with Crippen LogP contribution in [0.25, 0.3) is 11.0 Å². The maximum atomic E-state index is 13.9. The van der Waals surface area contributed by atoms with Gasteiger partial charge in [0.1, 0.15) is 5.82 Å². The molecule has 0 unspecified atom stereocenters. The van der Waals surface area contributed by atoms with Crippen molar-refractivity contribution in [3.8, 4) is 0 Å². The highest BCUT2D eigenvalue weighted by Crippen LogP contribution is 2.36. The van der Waals surface area contributed by atoms with Crippen molar-refractivity contribution < 1.29 is 37.7 Å². The minimum Gasteiger partial charge on any atom is -0.456 e. The number of carbonyl (C=O) groups excluding carboxylic acids is 3. The van der Waals surface area contributed by atoms with Gasteiger partial charge in [0.05, 0.1) is 22.7 Å². The zero-order valence-electron chi connectivity index (χ0n) is 16.1. The zero-order chi connectivity index (χ0) is 22.2. The van der Waals surface area contributed by atoms with E-state index in [1.807, 2.05) is 0 Å². The number of fused-ring (bicyclic) bond motifs is 1. The number of ether oxygens (including phenoxy) is 4. The molecular weight excluding hydrogens is 491 g/mol. The van der Waals surface area contributed by atoms with Crippen molar-refractivity contribution in [1.29, 1.82) is 0 Å². The molecule has 1 saturated heterocycles. The van der Waals surface area contributed by atoms with Crippen molar-refractivity contribution in [2.24, 2.45) is 0 Å². The van der Waals surface area contributed by atoms with Gasteiger partial charge < -0.3 is 18.9 Å². The number of carbonyl (C=O) groups is 3. The normalized spacial score (nSPS) is 23.8. The van der Waals surface area contributed by atoms with Gasteiger partial charge in [-0.05, 0) is 22.0 Å². The minimum absolute atomic E-state index is 0.148. The maximum absolute atomic E-state index is 13.9. The molecule has 0 amide bonds. The van der Waals surface area contributed by atoms with E-state index in [0.717, 1.165) is 6.07 Å². The largest absolute Gasteiger partial charge is 0.456 e. The topological polar surface area (TPSA) is 106 Å². The van der Waals surface area contributed by atoms with Gasteiger partial charge in [0.2, 0.25) is 0 Å². The lowest BCUT2D eigenvalue weighted by Crippen LogP contribution is -2.55. The van der Waals surface area contributed by atoms with Crippen LogP contribution in [-0.4, -0.2) is 52.4 Å². The summed E-state index contributed by atoms with van der Waals surface area (Å²) < 4.78 is 37.3. The molecule has 2 heterocycles. The highest BCUT2D eigenvalue weighted by molar-refractivity contribution is 9.10. The number of hydrogen-bond acceptors (Lipinski definition) is 8. The number of benzene rings is 1. The molecule has 1 aliphatic rings. The van der Waals surface area contributed by atoms with Gasteiger partial charge in [-0.2, -0.15) is 0 Å². The monoisotopic (exact) mass is 506 g/mol. The van der Waals surface area contributed by atoms with E-state index in [9.17, 15) is 18.8 Å². The summed E-state index contributed by atoms with van der Waals surface area (Å²) in [5.41, 5.74) is 0.642. The second kappa shape index (κ2) is 8.86. The minimum atomic E-state index is -1.21. The predicted octanol–water partition coefficient (Wildman–Crippen LogP) is 2.92. The lowest BCUT2D eigenvalue weighted by molar-refractivity contribution is -0.239. The molecule has 30 heavy (non-hydrogen) atoms. The summed E-state index contributed by atoms with van der Waals surface area (Å²) in [6.45, 7) is 3.37. The van der Waals surface area contributed by atoms with Crippen LogP contribution in [0.15, 0.2) is 16.9 Å². The molecule has 0 bridgehead atoms. The predicted molar refractivity (Wildman–Crippen MR) is 104 cm³/mol. The average molecular weight is 508 g/mol. The maximum Gasteiger partial charge on any atom is 0.303 e. The van der Waals surface area contributed by atoms with E-state index < -0.39 is 48.3 Å². The molecule has 0 N–H and O–H groups in total. The van der Waals surface area contributed by atoms with Gasteiger partial charge in [-0.3, -0.25) is 19.0 Å². The van der Waals surface area contributed by atoms with Crippen LogP contribution in [-0.2, 0) is 33.3 Å². The molecule has 0 spiro atoms. The molecule has 1 aromatic heterocycles. The second-order valence-corrected chi connectivity index (χ2v) is 7.64. The first-order valence-electron chi connectivity index (χ1n) is 8.74. The van der Waals surface area contributed by atoms with E-state index in [4.69, 9.17) is 30.5 Å². The molecule has 0 aliphatic carbocycles. The van der Waals surface area contributed by atoms with Crippen molar-refractivity contribution in [1.82, 2.24) is 9.55 Å². The summed E-state index contributed by atoms with van der Waals surface area (Å²) in [6, 6.07) is 2.49. The van der Waals surface area contributed by atoms with Crippen molar-refractivity contribution in [2.45, 2.75) is 45.3 Å². The van der Waals surface area contributed by atoms with Gasteiger partial charge in [0.15, 0.2) is 29.3 Å². The fourth-order valence-electron chi connectivity index (χ4n) is 3.25. The summed E-state index contributed by atoms with van der Waals surface area (Å²) in [4.78, 5) is 39.2. The first-order chi connectivity index (χ1) is 14.1. The van der Waals surface area contributed by atoms with E-state index in [1.54, 1.807) is 0 Å². The average Bonchev–Trinajstić information content (AvgIpc) is 2.92. The number of nitrogens with zero attached hydrogens (tertiary/aromatic N) is 2. The highest BCUT2D eigenvalue weighted by atomic mass is 79.9. The molecule has 162 valence electrons. The number of rotatable bonds is 4. The Morgan fingerprint density at radius 2 is 1.73 bits per heavy atom. The van der Waals surface area contributed by atoms with Crippen molar-refractivity contribution in [3.05, 3.63) is 27.7 Å². The molecule has 1 fully saturated rings. The molecular formula is C18H17BrClFN2O7. The Hall–Kier alpha value is -2.24. The van der Waals surface area contributed by atoms with Gasteiger partial charge in [0.25, 0.3) is 0 Å². The first kappa shape index (κ1) is 22.4. The Morgan fingerprint density at radius 3 is 2.33 bits per heavy atom. The van der Waals surface area contributed by atoms with E-state index in [0.29, 0.717) is 5.52 Å². The summed E-state index contributed by atoms with van der Waals surface area (Å²) in [7, 11) is 0. The van der Waals surface area contributed by atoms with Crippen LogP contribution in [0.2, 0.25) is 5.02 Å². The zero-order valence-corrected chi connectivity index (χ0v) is 18.4. The summed E-state index contributed by atoms with van der Waals surface area (Å²) in [5.74, 6) is -2.64. The summed E-state index contributed by atoms with van der Waals surface area (Å²) in [6.07, 6.45) is -4.43. The SMILES string of the molecule is CC(=O)O[C@@H]1[C@H](OC(C)=O)[C@H](OC(C)=O)CO[C@H]1n1c(Br)nc2cc(F)c(Cl)cc21. The van der Waals surface area contributed by atoms with E-state index in [-0.39, 0.29) is 21.9 Å². The number of hydrogen-bond donors (Lipinski definition) is 0. The molecule has 0 saturated carbocycles. The van der Waals surface area contributed by atoms with Crippen LogP contribution in [0, 0.1) is 5.82 Å². The Kier molecular flexibility index (Phi) is 6.63. The van der Waals surface area contributed by atoms with Crippen molar-refractivity contribution in [3.63, 3.8) is 0 Å². The van der Waals surface area contributed by atoms with Crippen molar-refractivity contribution in [2.75, 3.05) is 6.61 Å². The third kappa shape index (κ3) is 4.57. The lowest BCUT2D eigenvalue weighted by Gasteiger charge is -2.41. The number of imidazole rings is 1. The molecule has 3 rings (SSSR count). The standard InChI is InChI=1S/C18H17BrClFN2O7/c1-7(24)28-14-6-27-17(16(30-9(3)26)15(14)29-8(2)25)23-13-4-10(20)11(21)5-12(13)22-18(23)19/h4-5,14-17H,6H2,1-3H3/t14-,15-,16-,17-/m1/s1. The van der Waals surface area contributed by atoms with E-state index >= 15 is 0 Å².